The lowest BCUT2D eigenvalue weighted by Crippen LogP contribution is -2.30. The van der Waals surface area contributed by atoms with Crippen LogP contribution in [0.4, 0.5) is 0 Å². The number of para-hydroxylation sites is 2. The highest BCUT2D eigenvalue weighted by Crippen LogP contribution is 2.30. The Labute approximate surface area is 193 Å². The summed E-state index contributed by atoms with van der Waals surface area (Å²) in [6.45, 7) is 4.60. The second-order valence-corrected chi connectivity index (χ2v) is 8.55. The summed E-state index contributed by atoms with van der Waals surface area (Å²) in [6.07, 6.45) is 2.39. The molecule has 0 bridgehead atoms. The van der Waals surface area contributed by atoms with Gasteiger partial charge in [-0.15, -0.1) is 0 Å². The summed E-state index contributed by atoms with van der Waals surface area (Å²) in [7, 11) is 0. The molecule has 0 aliphatic rings. The van der Waals surface area contributed by atoms with Crippen LogP contribution in [-0.2, 0) is 11.2 Å². The minimum absolute atomic E-state index is 0.0130. The molecule has 4 nitrogen and oxygen atoms in total. The first-order valence-corrected chi connectivity index (χ1v) is 11.3. The highest BCUT2D eigenvalue weighted by molar-refractivity contribution is 5.87. The predicted molar refractivity (Wildman–Crippen MR) is 135 cm³/mol. The zero-order valence-corrected chi connectivity index (χ0v) is 18.9. The smallest absolute Gasteiger partial charge is 0.224 e. The SMILES string of the molecule is Cc1nc2ccccc2c(C)c1CC(=O)NCC(c1ccccc1)c1c[nH]c2ccccc12. The summed E-state index contributed by atoms with van der Waals surface area (Å²) < 4.78 is 0. The number of carbonyl (C=O) groups is 1. The monoisotopic (exact) mass is 433 g/mol. The quantitative estimate of drug-likeness (QED) is 0.354. The van der Waals surface area contributed by atoms with Crippen molar-refractivity contribution in [2.45, 2.75) is 26.2 Å². The Kier molecular flexibility index (Phi) is 5.66. The van der Waals surface area contributed by atoms with Gasteiger partial charge >= 0.3 is 0 Å². The van der Waals surface area contributed by atoms with E-state index in [1.54, 1.807) is 0 Å². The van der Waals surface area contributed by atoms with Gasteiger partial charge in [0.1, 0.15) is 0 Å². The van der Waals surface area contributed by atoms with Crippen molar-refractivity contribution in [3.05, 3.63) is 113 Å². The van der Waals surface area contributed by atoms with E-state index in [2.05, 4.69) is 59.8 Å². The summed E-state index contributed by atoms with van der Waals surface area (Å²) in [5, 5.41) is 5.49. The van der Waals surface area contributed by atoms with E-state index in [0.29, 0.717) is 13.0 Å². The van der Waals surface area contributed by atoms with Crippen molar-refractivity contribution in [1.82, 2.24) is 15.3 Å². The number of aromatic amines is 1. The fourth-order valence-corrected chi connectivity index (χ4v) is 4.74. The number of rotatable bonds is 6. The van der Waals surface area contributed by atoms with Gasteiger partial charge < -0.3 is 10.3 Å². The molecule has 0 aliphatic carbocycles. The van der Waals surface area contributed by atoms with Gasteiger partial charge in [-0.05, 0) is 48.2 Å². The lowest BCUT2D eigenvalue weighted by molar-refractivity contribution is -0.120. The van der Waals surface area contributed by atoms with Gasteiger partial charge in [0.2, 0.25) is 5.91 Å². The number of amides is 1. The van der Waals surface area contributed by atoms with Crippen molar-refractivity contribution < 1.29 is 4.79 Å². The van der Waals surface area contributed by atoms with Crippen molar-refractivity contribution in [2.24, 2.45) is 0 Å². The number of pyridine rings is 1. The zero-order chi connectivity index (χ0) is 22.8. The molecule has 0 saturated carbocycles. The highest BCUT2D eigenvalue weighted by Gasteiger charge is 2.20. The van der Waals surface area contributed by atoms with Crippen molar-refractivity contribution in [3.63, 3.8) is 0 Å². The van der Waals surface area contributed by atoms with Crippen LogP contribution in [0.15, 0.2) is 85.1 Å². The fraction of sp³-hybridized carbons (Fsp3) is 0.172. The van der Waals surface area contributed by atoms with Crippen LogP contribution in [0.25, 0.3) is 21.8 Å². The Morgan fingerprint density at radius 3 is 2.42 bits per heavy atom. The third-order valence-corrected chi connectivity index (χ3v) is 6.52. The van der Waals surface area contributed by atoms with E-state index in [9.17, 15) is 4.79 Å². The van der Waals surface area contributed by atoms with Gasteiger partial charge in [0.25, 0.3) is 0 Å². The number of nitrogens with zero attached hydrogens (tertiary/aromatic N) is 1. The number of nitrogens with one attached hydrogen (secondary N) is 2. The largest absolute Gasteiger partial charge is 0.361 e. The van der Waals surface area contributed by atoms with Crippen molar-refractivity contribution in [3.8, 4) is 0 Å². The number of H-pyrrole nitrogens is 1. The van der Waals surface area contributed by atoms with E-state index >= 15 is 0 Å². The Bertz CT molecular complexity index is 1440. The van der Waals surface area contributed by atoms with Gasteiger partial charge in [0.15, 0.2) is 0 Å². The minimum atomic E-state index is 0.0130. The summed E-state index contributed by atoms with van der Waals surface area (Å²) in [4.78, 5) is 21.2. The van der Waals surface area contributed by atoms with Gasteiger partial charge in [0, 0.05) is 40.6 Å². The molecule has 4 heteroatoms. The van der Waals surface area contributed by atoms with E-state index in [1.807, 2.05) is 49.4 Å². The first kappa shape index (κ1) is 21.0. The maximum absolute atomic E-state index is 13.1. The normalized spacial score (nSPS) is 12.2. The number of benzene rings is 3. The van der Waals surface area contributed by atoms with Crippen LogP contribution in [0.1, 0.15) is 33.9 Å². The topological polar surface area (TPSA) is 57.8 Å². The maximum atomic E-state index is 13.1. The number of aryl methyl sites for hydroxylation is 2. The number of hydrogen-bond acceptors (Lipinski definition) is 2. The standard InChI is InChI=1S/C29H27N3O/c1-19-22-12-6-9-15-28(22)32-20(2)24(19)16-29(33)31-17-25(21-10-4-3-5-11-21)26-18-30-27-14-8-7-13-23(26)27/h3-15,18,25,30H,16-17H2,1-2H3,(H,31,33). The number of fused-ring (bicyclic) bond motifs is 2. The van der Waals surface area contributed by atoms with E-state index in [-0.39, 0.29) is 11.8 Å². The summed E-state index contributed by atoms with van der Waals surface area (Å²) >= 11 is 0. The van der Waals surface area contributed by atoms with Gasteiger partial charge in [0.05, 0.1) is 11.9 Å². The van der Waals surface area contributed by atoms with Crippen LogP contribution >= 0.6 is 0 Å². The van der Waals surface area contributed by atoms with Crippen LogP contribution in [-0.4, -0.2) is 22.4 Å². The molecule has 0 spiro atoms. The van der Waals surface area contributed by atoms with E-state index in [0.717, 1.165) is 33.2 Å². The van der Waals surface area contributed by atoms with E-state index < -0.39 is 0 Å². The van der Waals surface area contributed by atoms with Crippen LogP contribution < -0.4 is 5.32 Å². The molecule has 0 aliphatic heterocycles. The third-order valence-electron chi connectivity index (χ3n) is 6.52. The summed E-state index contributed by atoms with van der Waals surface area (Å²) in [5.74, 6) is 0.0716. The molecule has 0 saturated heterocycles. The average Bonchev–Trinajstić information content (AvgIpc) is 3.27. The van der Waals surface area contributed by atoms with Gasteiger partial charge in [-0.2, -0.15) is 0 Å². The molecule has 164 valence electrons. The van der Waals surface area contributed by atoms with E-state index in [4.69, 9.17) is 4.98 Å². The van der Waals surface area contributed by atoms with E-state index in [1.165, 1.54) is 16.5 Å². The van der Waals surface area contributed by atoms with Gasteiger partial charge in [-0.3, -0.25) is 9.78 Å². The van der Waals surface area contributed by atoms with Crippen LogP contribution in [0.2, 0.25) is 0 Å². The molecule has 0 fully saturated rings. The molecule has 1 atom stereocenters. The second-order valence-electron chi connectivity index (χ2n) is 8.55. The lowest BCUT2D eigenvalue weighted by Gasteiger charge is -2.19. The third kappa shape index (κ3) is 4.12. The molecule has 2 N–H and O–H groups in total. The van der Waals surface area contributed by atoms with Gasteiger partial charge in [-0.1, -0.05) is 66.7 Å². The van der Waals surface area contributed by atoms with Crippen LogP contribution in [0, 0.1) is 13.8 Å². The van der Waals surface area contributed by atoms with Crippen LogP contribution in [0.3, 0.4) is 0 Å². The molecule has 33 heavy (non-hydrogen) atoms. The number of carbonyl (C=O) groups excluding carboxylic acids is 1. The second kappa shape index (κ2) is 8.91. The number of hydrogen-bond donors (Lipinski definition) is 2. The summed E-state index contributed by atoms with van der Waals surface area (Å²) in [5.41, 5.74) is 7.50. The molecule has 1 amide bonds. The molecule has 0 radical (unpaired) electrons. The highest BCUT2D eigenvalue weighted by atomic mass is 16.1. The van der Waals surface area contributed by atoms with Crippen molar-refractivity contribution in [2.75, 3.05) is 6.54 Å². The molecule has 2 heterocycles. The Morgan fingerprint density at radius 1 is 0.909 bits per heavy atom. The number of aromatic nitrogens is 2. The summed E-state index contributed by atoms with van der Waals surface area (Å²) in [6, 6.07) is 26.8. The molecule has 5 rings (SSSR count). The minimum Gasteiger partial charge on any atom is -0.361 e. The van der Waals surface area contributed by atoms with Crippen molar-refractivity contribution >= 4 is 27.7 Å². The van der Waals surface area contributed by atoms with Crippen molar-refractivity contribution in [1.29, 1.82) is 0 Å². The Morgan fingerprint density at radius 2 is 1.61 bits per heavy atom. The molecular formula is C29H27N3O. The van der Waals surface area contributed by atoms with Gasteiger partial charge in [-0.25, -0.2) is 0 Å². The lowest BCUT2D eigenvalue weighted by atomic mass is 9.90. The molecule has 2 aromatic heterocycles. The fourth-order valence-electron chi connectivity index (χ4n) is 4.74. The van der Waals surface area contributed by atoms with Crippen LogP contribution in [0.5, 0.6) is 0 Å². The first-order chi connectivity index (χ1) is 16.1. The Hall–Kier alpha value is -3.92. The Balaban J connectivity index is 1.40. The predicted octanol–water partition coefficient (Wildman–Crippen LogP) is 5.82. The molecular weight excluding hydrogens is 406 g/mol. The maximum Gasteiger partial charge on any atom is 0.224 e. The average molecular weight is 434 g/mol. The zero-order valence-electron chi connectivity index (χ0n) is 18.9. The molecule has 1 unspecified atom stereocenters. The molecule has 5 aromatic rings. The molecule has 3 aromatic carbocycles. The first-order valence-electron chi connectivity index (χ1n) is 11.3.